The molecule has 0 aliphatic heterocycles. The molecule has 0 atom stereocenters. The minimum absolute atomic E-state index is 0.310. The van der Waals surface area contributed by atoms with Gasteiger partial charge in [-0.15, -0.1) is 0 Å². The second-order valence-electron chi connectivity index (χ2n) is 3.62. The van der Waals surface area contributed by atoms with Gasteiger partial charge in [0.25, 0.3) is 0 Å². The van der Waals surface area contributed by atoms with Crippen molar-refractivity contribution in [2.75, 3.05) is 5.32 Å². The fourth-order valence-corrected chi connectivity index (χ4v) is 1.42. The van der Waals surface area contributed by atoms with Crippen LogP contribution in [0.25, 0.3) is 0 Å². The number of hydrogen-bond acceptors (Lipinski definition) is 1. The standard InChI is InChI=1S/C13H11F2N/c1-9-2-7-12(15)13(8-9)16-11-5-3-10(14)4-6-11/h2-8,16H,1H3. The van der Waals surface area contributed by atoms with Crippen molar-refractivity contribution in [3.8, 4) is 0 Å². The molecule has 16 heavy (non-hydrogen) atoms. The topological polar surface area (TPSA) is 12.0 Å². The molecular formula is C13H11F2N. The molecule has 0 bridgehead atoms. The van der Waals surface area contributed by atoms with Crippen LogP contribution in [0.4, 0.5) is 20.2 Å². The molecule has 0 spiro atoms. The average Bonchev–Trinajstić information content (AvgIpc) is 2.27. The van der Waals surface area contributed by atoms with Gasteiger partial charge in [-0.25, -0.2) is 8.78 Å². The fourth-order valence-electron chi connectivity index (χ4n) is 1.42. The first kappa shape index (κ1) is 10.6. The van der Waals surface area contributed by atoms with Crippen LogP contribution in [0, 0.1) is 18.6 Å². The second-order valence-corrected chi connectivity index (χ2v) is 3.62. The van der Waals surface area contributed by atoms with E-state index in [1.807, 2.05) is 6.92 Å². The molecule has 0 aliphatic carbocycles. The molecule has 82 valence electrons. The third kappa shape index (κ3) is 2.37. The Bertz CT molecular complexity index is 492. The Labute approximate surface area is 92.7 Å². The lowest BCUT2D eigenvalue weighted by Crippen LogP contribution is -1.94. The van der Waals surface area contributed by atoms with Crippen molar-refractivity contribution in [3.05, 3.63) is 59.7 Å². The van der Waals surface area contributed by atoms with Crippen molar-refractivity contribution >= 4 is 11.4 Å². The van der Waals surface area contributed by atoms with E-state index >= 15 is 0 Å². The average molecular weight is 219 g/mol. The van der Waals surface area contributed by atoms with E-state index in [-0.39, 0.29) is 11.6 Å². The van der Waals surface area contributed by atoms with Gasteiger partial charge in [0, 0.05) is 5.69 Å². The Hall–Kier alpha value is -1.90. The van der Waals surface area contributed by atoms with E-state index in [1.54, 1.807) is 24.3 Å². The molecule has 0 saturated heterocycles. The third-order valence-corrected chi connectivity index (χ3v) is 2.25. The summed E-state index contributed by atoms with van der Waals surface area (Å²) in [5.74, 6) is -0.634. The molecule has 0 aliphatic rings. The Kier molecular flexibility index (Phi) is 2.86. The highest BCUT2D eigenvalue weighted by Crippen LogP contribution is 2.21. The summed E-state index contributed by atoms with van der Waals surface area (Å²) >= 11 is 0. The molecule has 2 aromatic carbocycles. The number of benzene rings is 2. The van der Waals surface area contributed by atoms with Crippen molar-refractivity contribution in [1.29, 1.82) is 0 Å². The molecule has 2 aromatic rings. The zero-order valence-electron chi connectivity index (χ0n) is 8.80. The van der Waals surface area contributed by atoms with Crippen molar-refractivity contribution < 1.29 is 8.78 Å². The SMILES string of the molecule is Cc1ccc(F)c(Nc2ccc(F)cc2)c1. The highest BCUT2D eigenvalue weighted by atomic mass is 19.1. The second kappa shape index (κ2) is 4.31. The molecule has 0 saturated carbocycles. The number of nitrogens with one attached hydrogen (secondary N) is 1. The van der Waals surface area contributed by atoms with Gasteiger partial charge in [-0.1, -0.05) is 6.07 Å². The van der Waals surface area contributed by atoms with Gasteiger partial charge in [0.2, 0.25) is 0 Å². The summed E-state index contributed by atoms with van der Waals surface area (Å²) in [6.07, 6.45) is 0. The monoisotopic (exact) mass is 219 g/mol. The van der Waals surface area contributed by atoms with Gasteiger partial charge >= 0.3 is 0 Å². The molecular weight excluding hydrogens is 208 g/mol. The summed E-state index contributed by atoms with van der Waals surface area (Å²) in [6.45, 7) is 1.88. The smallest absolute Gasteiger partial charge is 0.146 e. The summed E-state index contributed by atoms with van der Waals surface area (Å²) in [6, 6.07) is 10.6. The first-order valence-electron chi connectivity index (χ1n) is 4.94. The van der Waals surface area contributed by atoms with E-state index in [9.17, 15) is 8.78 Å². The van der Waals surface area contributed by atoms with E-state index in [0.717, 1.165) is 5.56 Å². The predicted molar refractivity (Wildman–Crippen MR) is 60.8 cm³/mol. The van der Waals surface area contributed by atoms with Crippen LogP contribution in [0.1, 0.15) is 5.56 Å². The molecule has 0 radical (unpaired) electrons. The largest absolute Gasteiger partial charge is 0.353 e. The molecule has 1 nitrogen and oxygen atoms in total. The van der Waals surface area contributed by atoms with Crippen LogP contribution >= 0.6 is 0 Å². The van der Waals surface area contributed by atoms with Crippen molar-refractivity contribution in [2.24, 2.45) is 0 Å². The number of hydrogen-bond donors (Lipinski definition) is 1. The molecule has 2 rings (SSSR count). The first-order chi connectivity index (χ1) is 7.65. The quantitative estimate of drug-likeness (QED) is 0.804. The van der Waals surface area contributed by atoms with Gasteiger partial charge in [-0.3, -0.25) is 0 Å². The highest BCUT2D eigenvalue weighted by Gasteiger charge is 2.02. The molecule has 3 heteroatoms. The van der Waals surface area contributed by atoms with Crippen molar-refractivity contribution in [3.63, 3.8) is 0 Å². The zero-order chi connectivity index (χ0) is 11.5. The van der Waals surface area contributed by atoms with Crippen LogP contribution in [0.15, 0.2) is 42.5 Å². The first-order valence-corrected chi connectivity index (χ1v) is 4.94. The van der Waals surface area contributed by atoms with Gasteiger partial charge in [-0.2, -0.15) is 0 Å². The lowest BCUT2D eigenvalue weighted by Gasteiger charge is -2.08. The maximum atomic E-state index is 13.4. The van der Waals surface area contributed by atoms with Crippen LogP contribution in [-0.4, -0.2) is 0 Å². The lowest BCUT2D eigenvalue weighted by molar-refractivity contribution is 0.628. The number of halogens is 2. The molecule has 0 aromatic heterocycles. The predicted octanol–water partition coefficient (Wildman–Crippen LogP) is 4.02. The van der Waals surface area contributed by atoms with E-state index in [0.29, 0.717) is 11.4 Å². The van der Waals surface area contributed by atoms with E-state index in [1.165, 1.54) is 18.2 Å². The van der Waals surface area contributed by atoms with Crippen LogP contribution < -0.4 is 5.32 Å². The van der Waals surface area contributed by atoms with E-state index in [2.05, 4.69) is 5.32 Å². The van der Waals surface area contributed by atoms with Crippen molar-refractivity contribution in [1.82, 2.24) is 0 Å². The Morgan fingerprint density at radius 2 is 1.62 bits per heavy atom. The molecule has 0 heterocycles. The van der Waals surface area contributed by atoms with E-state index < -0.39 is 0 Å². The van der Waals surface area contributed by atoms with Crippen LogP contribution in [-0.2, 0) is 0 Å². The van der Waals surface area contributed by atoms with Gasteiger partial charge in [0.05, 0.1) is 5.69 Å². The molecule has 1 N–H and O–H groups in total. The Morgan fingerprint density at radius 1 is 0.938 bits per heavy atom. The van der Waals surface area contributed by atoms with Crippen LogP contribution in [0.5, 0.6) is 0 Å². The van der Waals surface area contributed by atoms with Gasteiger partial charge in [-0.05, 0) is 48.9 Å². The molecule has 0 fully saturated rings. The maximum absolute atomic E-state index is 13.4. The Morgan fingerprint density at radius 3 is 2.31 bits per heavy atom. The zero-order valence-corrected chi connectivity index (χ0v) is 8.80. The normalized spacial score (nSPS) is 10.2. The highest BCUT2D eigenvalue weighted by molar-refractivity contribution is 5.60. The summed E-state index contributed by atoms with van der Waals surface area (Å²) in [5, 5.41) is 2.90. The number of anilines is 2. The van der Waals surface area contributed by atoms with Crippen LogP contribution in [0.2, 0.25) is 0 Å². The maximum Gasteiger partial charge on any atom is 0.146 e. The Balaban J connectivity index is 2.26. The summed E-state index contributed by atoms with van der Waals surface area (Å²) < 4.78 is 26.1. The minimum atomic E-state index is -0.324. The fraction of sp³-hybridized carbons (Fsp3) is 0.0769. The summed E-state index contributed by atoms with van der Waals surface area (Å²) in [5.41, 5.74) is 2.02. The van der Waals surface area contributed by atoms with Gasteiger partial charge in [0.15, 0.2) is 0 Å². The van der Waals surface area contributed by atoms with Gasteiger partial charge in [0.1, 0.15) is 11.6 Å². The summed E-state index contributed by atoms with van der Waals surface area (Å²) in [7, 11) is 0. The summed E-state index contributed by atoms with van der Waals surface area (Å²) in [4.78, 5) is 0. The third-order valence-electron chi connectivity index (χ3n) is 2.25. The number of rotatable bonds is 2. The molecule has 0 unspecified atom stereocenters. The lowest BCUT2D eigenvalue weighted by atomic mass is 10.2. The number of aryl methyl sites for hydroxylation is 1. The van der Waals surface area contributed by atoms with Crippen molar-refractivity contribution in [2.45, 2.75) is 6.92 Å². The van der Waals surface area contributed by atoms with Crippen LogP contribution in [0.3, 0.4) is 0 Å². The van der Waals surface area contributed by atoms with E-state index in [4.69, 9.17) is 0 Å². The van der Waals surface area contributed by atoms with Gasteiger partial charge < -0.3 is 5.32 Å². The minimum Gasteiger partial charge on any atom is -0.353 e. The molecule has 0 amide bonds.